The van der Waals surface area contributed by atoms with Gasteiger partial charge in [-0.1, -0.05) is 0 Å². The second-order valence-corrected chi connectivity index (χ2v) is 7.20. The number of hydrogen-bond donors (Lipinski definition) is 7. The molecule has 13 heteroatoms. The van der Waals surface area contributed by atoms with E-state index in [9.17, 15) is 35.7 Å². The van der Waals surface area contributed by atoms with Crippen LogP contribution in [0.15, 0.2) is 0 Å². The first-order valence-electron chi connectivity index (χ1n) is 9.19. The summed E-state index contributed by atoms with van der Waals surface area (Å²) in [5.74, 6) is 0. The van der Waals surface area contributed by atoms with Crippen LogP contribution in [0.2, 0.25) is 0 Å². The Morgan fingerprint density at radius 3 is 1.76 bits per heavy atom. The van der Waals surface area contributed by atoms with Crippen molar-refractivity contribution in [2.24, 2.45) is 0 Å². The quantitative estimate of drug-likeness (QED) is 0.220. The van der Waals surface area contributed by atoms with Crippen molar-refractivity contribution in [1.82, 2.24) is 0 Å². The molecule has 3 saturated heterocycles. The Morgan fingerprint density at radius 2 is 1.14 bits per heavy atom. The van der Waals surface area contributed by atoms with Crippen molar-refractivity contribution in [2.75, 3.05) is 26.9 Å². The topological polar surface area (TPSA) is 197 Å². The van der Waals surface area contributed by atoms with Crippen LogP contribution < -0.4 is 0 Å². The van der Waals surface area contributed by atoms with Crippen molar-refractivity contribution in [3.05, 3.63) is 0 Å². The number of ether oxygens (including phenoxy) is 6. The van der Waals surface area contributed by atoms with Gasteiger partial charge in [0.1, 0.15) is 54.9 Å². The molecule has 0 amide bonds. The van der Waals surface area contributed by atoms with E-state index in [0.717, 1.165) is 0 Å². The molecule has 0 aromatic heterocycles. The van der Waals surface area contributed by atoms with Crippen LogP contribution in [-0.4, -0.2) is 136 Å². The normalized spacial score (nSPS) is 51.7. The second kappa shape index (κ2) is 9.74. The molecule has 3 aliphatic heterocycles. The van der Waals surface area contributed by atoms with Crippen LogP contribution in [0.5, 0.6) is 0 Å². The fourth-order valence-corrected chi connectivity index (χ4v) is 3.44. The molecule has 170 valence electrons. The van der Waals surface area contributed by atoms with Gasteiger partial charge in [0, 0.05) is 7.11 Å². The lowest BCUT2D eigenvalue weighted by Crippen LogP contribution is -2.61. The molecular weight excluding hydrogens is 400 g/mol. The van der Waals surface area contributed by atoms with Gasteiger partial charge in [-0.3, -0.25) is 0 Å². The van der Waals surface area contributed by atoms with E-state index in [4.69, 9.17) is 28.4 Å². The third-order valence-corrected chi connectivity index (χ3v) is 5.20. The Morgan fingerprint density at radius 1 is 0.621 bits per heavy atom. The standard InChI is InChI=1S/C16H28O13/c1-24-13-5(17)2-26-16(12(13)22)29-7-4-27-15(11(21)9(7)19)28-6-3-25-14(23)10(20)8(6)18/h5-23H,2-4H2,1H3/t5-,6-,7-,8+,9+,10-,11-,12-,13+,14-,15+,16+/m1/s1. The lowest BCUT2D eigenvalue weighted by atomic mass is 10.0. The largest absolute Gasteiger partial charge is 0.388 e. The maximum absolute atomic E-state index is 10.4. The summed E-state index contributed by atoms with van der Waals surface area (Å²) in [5.41, 5.74) is 0. The van der Waals surface area contributed by atoms with E-state index in [2.05, 4.69) is 0 Å². The van der Waals surface area contributed by atoms with Gasteiger partial charge >= 0.3 is 0 Å². The summed E-state index contributed by atoms with van der Waals surface area (Å²) in [6, 6.07) is 0. The van der Waals surface area contributed by atoms with Gasteiger partial charge in [-0.05, 0) is 0 Å². The van der Waals surface area contributed by atoms with Crippen LogP contribution in [0.3, 0.4) is 0 Å². The fraction of sp³-hybridized carbons (Fsp3) is 1.00. The highest BCUT2D eigenvalue weighted by Crippen LogP contribution is 2.27. The van der Waals surface area contributed by atoms with Gasteiger partial charge in [0.05, 0.1) is 19.8 Å². The first kappa shape index (κ1) is 23.1. The molecule has 3 heterocycles. The maximum atomic E-state index is 10.4. The molecule has 0 aromatic rings. The Bertz CT molecular complexity index is 523. The Hall–Kier alpha value is -0.520. The van der Waals surface area contributed by atoms with Gasteiger partial charge in [-0.15, -0.1) is 0 Å². The molecule has 0 aliphatic carbocycles. The first-order valence-corrected chi connectivity index (χ1v) is 9.19. The number of aliphatic hydroxyl groups is 7. The Balaban J connectivity index is 1.55. The van der Waals surface area contributed by atoms with E-state index in [1.807, 2.05) is 0 Å². The molecule has 0 unspecified atom stereocenters. The number of methoxy groups -OCH3 is 1. The summed E-state index contributed by atoms with van der Waals surface area (Å²) in [4.78, 5) is 0. The van der Waals surface area contributed by atoms with Crippen molar-refractivity contribution >= 4 is 0 Å². The molecule has 0 spiro atoms. The molecule has 7 N–H and O–H groups in total. The van der Waals surface area contributed by atoms with E-state index in [0.29, 0.717) is 0 Å². The second-order valence-electron chi connectivity index (χ2n) is 7.20. The molecule has 3 aliphatic rings. The number of hydrogen-bond acceptors (Lipinski definition) is 13. The minimum Gasteiger partial charge on any atom is -0.388 e. The van der Waals surface area contributed by atoms with Gasteiger partial charge in [-0.2, -0.15) is 0 Å². The Kier molecular flexibility index (Phi) is 7.77. The molecule has 13 nitrogen and oxygen atoms in total. The molecular formula is C16H28O13. The molecule has 29 heavy (non-hydrogen) atoms. The molecule has 12 atom stereocenters. The van der Waals surface area contributed by atoms with E-state index in [1.54, 1.807) is 0 Å². The predicted octanol–water partition coefficient (Wildman–Crippen LogP) is -5.00. The predicted molar refractivity (Wildman–Crippen MR) is 88.0 cm³/mol. The van der Waals surface area contributed by atoms with Gasteiger partial charge in [0.2, 0.25) is 0 Å². The van der Waals surface area contributed by atoms with Crippen molar-refractivity contribution in [3.63, 3.8) is 0 Å². The summed E-state index contributed by atoms with van der Waals surface area (Å²) < 4.78 is 31.3. The summed E-state index contributed by atoms with van der Waals surface area (Å²) in [7, 11) is 1.31. The van der Waals surface area contributed by atoms with Crippen LogP contribution in [0.25, 0.3) is 0 Å². The minimum atomic E-state index is -1.61. The highest BCUT2D eigenvalue weighted by Gasteiger charge is 2.47. The van der Waals surface area contributed by atoms with Crippen LogP contribution >= 0.6 is 0 Å². The van der Waals surface area contributed by atoms with Crippen molar-refractivity contribution < 1.29 is 64.2 Å². The van der Waals surface area contributed by atoms with E-state index >= 15 is 0 Å². The zero-order valence-corrected chi connectivity index (χ0v) is 15.6. The third-order valence-electron chi connectivity index (χ3n) is 5.20. The average Bonchev–Trinajstić information content (AvgIpc) is 2.70. The fourth-order valence-electron chi connectivity index (χ4n) is 3.44. The van der Waals surface area contributed by atoms with Gasteiger partial charge in [0.25, 0.3) is 0 Å². The molecule has 0 aromatic carbocycles. The van der Waals surface area contributed by atoms with Gasteiger partial charge in [-0.25, -0.2) is 0 Å². The summed E-state index contributed by atoms with van der Waals surface area (Å²) in [6.07, 6.45) is -16.0. The van der Waals surface area contributed by atoms with Gasteiger partial charge < -0.3 is 64.2 Å². The highest BCUT2D eigenvalue weighted by atomic mass is 16.7. The van der Waals surface area contributed by atoms with Crippen molar-refractivity contribution in [2.45, 2.75) is 73.8 Å². The van der Waals surface area contributed by atoms with Crippen LogP contribution in [0.1, 0.15) is 0 Å². The van der Waals surface area contributed by atoms with E-state index < -0.39 is 73.8 Å². The van der Waals surface area contributed by atoms with Crippen LogP contribution in [0, 0.1) is 0 Å². The maximum Gasteiger partial charge on any atom is 0.186 e. The van der Waals surface area contributed by atoms with Crippen molar-refractivity contribution in [1.29, 1.82) is 0 Å². The van der Waals surface area contributed by atoms with Gasteiger partial charge in [0.15, 0.2) is 18.9 Å². The zero-order chi connectivity index (χ0) is 21.3. The first-order chi connectivity index (χ1) is 13.7. The smallest absolute Gasteiger partial charge is 0.186 e. The summed E-state index contributed by atoms with van der Waals surface area (Å²) >= 11 is 0. The molecule has 0 bridgehead atoms. The average molecular weight is 428 g/mol. The Labute approximate surface area is 165 Å². The number of aliphatic hydroxyl groups excluding tert-OH is 7. The molecule has 3 rings (SSSR count). The molecule has 3 fully saturated rings. The van der Waals surface area contributed by atoms with Crippen molar-refractivity contribution in [3.8, 4) is 0 Å². The molecule has 0 radical (unpaired) electrons. The lowest BCUT2D eigenvalue weighted by Gasteiger charge is -2.43. The minimum absolute atomic E-state index is 0.161. The van der Waals surface area contributed by atoms with E-state index in [1.165, 1.54) is 7.11 Å². The van der Waals surface area contributed by atoms with Crippen LogP contribution in [-0.2, 0) is 28.4 Å². The SMILES string of the molecule is CO[C@@H]1[C@@H](O)[C@H](O[C@@H]2CO[C@@H](O[C@@H]3CO[C@@H](O)[C@H](O)[C@H]3O)[C@H](O)[C@H]2O)OC[C@H]1O. The summed E-state index contributed by atoms with van der Waals surface area (Å²) in [6.45, 7) is -0.693. The monoisotopic (exact) mass is 428 g/mol. The third kappa shape index (κ3) is 4.88. The number of rotatable bonds is 5. The highest BCUT2D eigenvalue weighted by molar-refractivity contribution is 4.90. The summed E-state index contributed by atoms with van der Waals surface area (Å²) in [5, 5.41) is 69.5. The van der Waals surface area contributed by atoms with E-state index in [-0.39, 0.29) is 19.8 Å². The molecule has 0 saturated carbocycles. The van der Waals surface area contributed by atoms with Crippen LogP contribution in [0.4, 0.5) is 0 Å². The zero-order valence-electron chi connectivity index (χ0n) is 15.6. The lowest BCUT2D eigenvalue weighted by molar-refractivity contribution is -0.347.